The molecule has 5 heteroatoms. The highest BCUT2D eigenvalue weighted by Gasteiger charge is 2.15. The quantitative estimate of drug-likeness (QED) is 0.380. The van der Waals surface area contributed by atoms with Crippen LogP contribution in [0.2, 0.25) is 0 Å². The predicted molar refractivity (Wildman–Crippen MR) is 118 cm³/mol. The van der Waals surface area contributed by atoms with Crippen molar-refractivity contribution in [2.24, 2.45) is 0 Å². The zero-order valence-electron chi connectivity index (χ0n) is 18.1. The van der Waals surface area contributed by atoms with Gasteiger partial charge in [0.1, 0.15) is 18.1 Å². The van der Waals surface area contributed by atoms with E-state index in [1.165, 1.54) is 12.8 Å². The standard InChI is InChI=1S/C25H31NO4/c1-4-5-6-10-13-22(27)20-14-15-23(24(16-20)28-3)29-17-21-18(2)30-25(26-21)19-11-8-7-9-12-19/h7-9,11-12,14-16,22,27H,4-6,10,13,17H2,1-3H3. The molecule has 0 fully saturated rings. The van der Waals surface area contributed by atoms with Gasteiger partial charge in [-0.2, -0.15) is 0 Å². The fourth-order valence-electron chi connectivity index (χ4n) is 3.35. The van der Waals surface area contributed by atoms with Gasteiger partial charge in [0.05, 0.1) is 13.2 Å². The molecule has 0 radical (unpaired) electrons. The second-order valence-electron chi connectivity index (χ2n) is 7.45. The Morgan fingerprint density at radius 1 is 1.03 bits per heavy atom. The Balaban J connectivity index is 1.65. The minimum atomic E-state index is -0.490. The van der Waals surface area contributed by atoms with Crippen molar-refractivity contribution in [3.63, 3.8) is 0 Å². The smallest absolute Gasteiger partial charge is 0.226 e. The summed E-state index contributed by atoms with van der Waals surface area (Å²) in [4.78, 5) is 4.57. The van der Waals surface area contributed by atoms with Crippen LogP contribution in [0.1, 0.15) is 62.1 Å². The van der Waals surface area contributed by atoms with Crippen LogP contribution < -0.4 is 9.47 Å². The Labute approximate surface area is 178 Å². The molecule has 1 N–H and O–H groups in total. The Hall–Kier alpha value is -2.79. The number of hydrogen-bond acceptors (Lipinski definition) is 5. The first kappa shape index (κ1) is 21.9. The van der Waals surface area contributed by atoms with E-state index in [9.17, 15) is 5.11 Å². The molecule has 2 aromatic carbocycles. The number of ether oxygens (including phenoxy) is 2. The van der Waals surface area contributed by atoms with Gasteiger partial charge >= 0.3 is 0 Å². The number of unbranched alkanes of at least 4 members (excludes halogenated alkanes) is 3. The second-order valence-corrected chi connectivity index (χ2v) is 7.45. The molecule has 0 amide bonds. The average Bonchev–Trinajstić information content (AvgIpc) is 3.16. The summed E-state index contributed by atoms with van der Waals surface area (Å²) in [5.41, 5.74) is 2.53. The fourth-order valence-corrected chi connectivity index (χ4v) is 3.35. The largest absolute Gasteiger partial charge is 0.493 e. The summed E-state index contributed by atoms with van der Waals surface area (Å²) in [7, 11) is 1.61. The molecule has 0 saturated carbocycles. The third-order valence-electron chi connectivity index (χ3n) is 5.18. The first-order valence-electron chi connectivity index (χ1n) is 10.6. The van der Waals surface area contributed by atoms with Gasteiger partial charge < -0.3 is 19.0 Å². The van der Waals surface area contributed by atoms with Crippen molar-refractivity contribution in [3.8, 4) is 23.0 Å². The van der Waals surface area contributed by atoms with Crippen LogP contribution in [0.4, 0.5) is 0 Å². The van der Waals surface area contributed by atoms with Gasteiger partial charge in [0.25, 0.3) is 0 Å². The summed E-state index contributed by atoms with van der Waals surface area (Å²) in [5.74, 6) is 2.53. The van der Waals surface area contributed by atoms with Crippen molar-refractivity contribution in [2.75, 3.05) is 7.11 Å². The third kappa shape index (κ3) is 5.63. The van der Waals surface area contributed by atoms with Crippen LogP contribution >= 0.6 is 0 Å². The fraction of sp³-hybridized carbons (Fsp3) is 0.400. The molecule has 3 aromatic rings. The molecule has 30 heavy (non-hydrogen) atoms. The number of benzene rings is 2. The molecule has 0 aliphatic rings. The van der Waals surface area contributed by atoms with Gasteiger partial charge in [-0.1, -0.05) is 56.9 Å². The van der Waals surface area contributed by atoms with Crippen LogP contribution in [-0.4, -0.2) is 17.2 Å². The highest BCUT2D eigenvalue weighted by Crippen LogP contribution is 2.33. The molecule has 0 bridgehead atoms. The highest BCUT2D eigenvalue weighted by molar-refractivity contribution is 5.53. The molecule has 3 rings (SSSR count). The maximum absolute atomic E-state index is 10.5. The van der Waals surface area contributed by atoms with E-state index in [1.54, 1.807) is 7.11 Å². The molecule has 0 aliphatic heterocycles. The summed E-state index contributed by atoms with van der Waals surface area (Å²) in [6.07, 6.45) is 4.82. The minimum absolute atomic E-state index is 0.275. The lowest BCUT2D eigenvalue weighted by atomic mass is 10.0. The van der Waals surface area contributed by atoms with E-state index in [4.69, 9.17) is 13.9 Å². The Bertz CT molecular complexity index is 920. The molecular formula is C25H31NO4. The monoisotopic (exact) mass is 409 g/mol. The Morgan fingerprint density at radius 2 is 1.83 bits per heavy atom. The van der Waals surface area contributed by atoms with Crippen LogP contribution in [-0.2, 0) is 6.61 Å². The van der Waals surface area contributed by atoms with Crippen molar-refractivity contribution >= 4 is 0 Å². The molecule has 5 nitrogen and oxygen atoms in total. The summed E-state index contributed by atoms with van der Waals surface area (Å²) in [6.45, 7) is 4.34. The predicted octanol–water partition coefficient (Wildman–Crippen LogP) is 6.24. The van der Waals surface area contributed by atoms with Gasteiger partial charge in [-0.05, 0) is 43.2 Å². The molecule has 1 aromatic heterocycles. The zero-order chi connectivity index (χ0) is 21.3. The number of aryl methyl sites for hydroxylation is 1. The number of aliphatic hydroxyl groups is 1. The van der Waals surface area contributed by atoms with E-state index in [1.807, 2.05) is 55.5 Å². The lowest BCUT2D eigenvalue weighted by Gasteiger charge is -2.15. The Morgan fingerprint density at radius 3 is 2.57 bits per heavy atom. The van der Waals surface area contributed by atoms with Crippen LogP contribution in [0.25, 0.3) is 11.5 Å². The summed E-state index contributed by atoms with van der Waals surface area (Å²) in [6, 6.07) is 15.4. The molecule has 160 valence electrons. The van der Waals surface area contributed by atoms with Crippen LogP contribution in [0.15, 0.2) is 52.9 Å². The number of oxazole rings is 1. The Kier molecular flexibility index (Phi) is 7.91. The SMILES string of the molecule is CCCCCCC(O)c1ccc(OCc2nc(-c3ccccc3)oc2C)c(OC)c1. The van der Waals surface area contributed by atoms with E-state index in [0.717, 1.165) is 41.8 Å². The third-order valence-corrected chi connectivity index (χ3v) is 5.18. The zero-order valence-corrected chi connectivity index (χ0v) is 18.1. The van der Waals surface area contributed by atoms with Gasteiger partial charge in [0, 0.05) is 5.56 Å². The average molecular weight is 410 g/mol. The van der Waals surface area contributed by atoms with Gasteiger partial charge in [-0.3, -0.25) is 0 Å². The molecular weight excluding hydrogens is 378 g/mol. The van der Waals surface area contributed by atoms with Crippen molar-refractivity contribution < 1.29 is 19.0 Å². The summed E-state index contributed by atoms with van der Waals surface area (Å²) >= 11 is 0. The molecule has 0 aliphatic carbocycles. The lowest BCUT2D eigenvalue weighted by Crippen LogP contribution is -2.02. The lowest BCUT2D eigenvalue weighted by molar-refractivity contribution is 0.162. The van der Waals surface area contributed by atoms with E-state index < -0.39 is 6.10 Å². The second kappa shape index (κ2) is 10.8. The molecule has 0 spiro atoms. The van der Waals surface area contributed by atoms with Crippen molar-refractivity contribution in [2.45, 2.75) is 58.7 Å². The summed E-state index contributed by atoms with van der Waals surface area (Å²) in [5, 5.41) is 10.5. The van der Waals surface area contributed by atoms with Gasteiger partial charge in [0.2, 0.25) is 5.89 Å². The molecule has 1 atom stereocenters. The molecule has 1 unspecified atom stereocenters. The van der Waals surface area contributed by atoms with E-state index in [0.29, 0.717) is 17.4 Å². The summed E-state index contributed by atoms with van der Waals surface area (Å²) < 4.78 is 17.3. The van der Waals surface area contributed by atoms with Crippen LogP contribution in [0.5, 0.6) is 11.5 Å². The first-order chi connectivity index (χ1) is 14.6. The van der Waals surface area contributed by atoms with Crippen molar-refractivity contribution in [3.05, 3.63) is 65.5 Å². The number of aliphatic hydroxyl groups excluding tert-OH is 1. The van der Waals surface area contributed by atoms with Crippen LogP contribution in [0, 0.1) is 6.92 Å². The van der Waals surface area contributed by atoms with Crippen molar-refractivity contribution in [1.82, 2.24) is 4.98 Å². The topological polar surface area (TPSA) is 64.7 Å². The van der Waals surface area contributed by atoms with Gasteiger partial charge in [-0.15, -0.1) is 0 Å². The van der Waals surface area contributed by atoms with Crippen LogP contribution in [0.3, 0.4) is 0 Å². The van der Waals surface area contributed by atoms with Crippen molar-refractivity contribution in [1.29, 1.82) is 0 Å². The highest BCUT2D eigenvalue weighted by atomic mass is 16.5. The van der Waals surface area contributed by atoms with E-state index >= 15 is 0 Å². The maximum Gasteiger partial charge on any atom is 0.226 e. The van der Waals surface area contributed by atoms with Gasteiger partial charge in [-0.25, -0.2) is 4.98 Å². The molecule has 1 heterocycles. The number of hydrogen-bond donors (Lipinski definition) is 1. The normalized spacial score (nSPS) is 12.0. The number of aromatic nitrogens is 1. The van der Waals surface area contributed by atoms with E-state index in [2.05, 4.69) is 11.9 Å². The maximum atomic E-state index is 10.5. The number of rotatable bonds is 11. The van der Waals surface area contributed by atoms with Gasteiger partial charge in [0.15, 0.2) is 11.5 Å². The molecule has 0 saturated heterocycles. The minimum Gasteiger partial charge on any atom is -0.493 e. The number of methoxy groups -OCH3 is 1. The van der Waals surface area contributed by atoms with E-state index in [-0.39, 0.29) is 6.61 Å². The first-order valence-corrected chi connectivity index (χ1v) is 10.6. The number of nitrogens with zero attached hydrogens (tertiary/aromatic N) is 1.